The molecule has 3 atom stereocenters. The van der Waals surface area contributed by atoms with E-state index in [1.807, 2.05) is 0 Å². The number of hydrogen-bond acceptors (Lipinski definition) is 6. The number of carbonyl (C=O) groups excluding carboxylic acids is 1. The quantitative estimate of drug-likeness (QED) is 0.668. The Morgan fingerprint density at radius 1 is 1.19 bits per heavy atom. The lowest BCUT2D eigenvalue weighted by Crippen LogP contribution is -2.55. The molecule has 1 aromatic carbocycles. The lowest BCUT2D eigenvalue weighted by atomic mass is 10.0. The zero-order chi connectivity index (χ0) is 14.8. The molecule has 0 bridgehead atoms. The second-order valence-corrected chi connectivity index (χ2v) is 5.01. The van der Waals surface area contributed by atoms with Crippen LogP contribution < -0.4 is 14.8 Å². The molecule has 0 unspecified atom stereocenters. The van der Waals surface area contributed by atoms with Crippen molar-refractivity contribution in [2.75, 3.05) is 26.4 Å². The third kappa shape index (κ3) is 2.80. The Morgan fingerprint density at radius 2 is 2.00 bits per heavy atom. The van der Waals surface area contributed by atoms with Gasteiger partial charge in [-0.15, -0.1) is 0 Å². The van der Waals surface area contributed by atoms with E-state index in [2.05, 4.69) is 5.32 Å². The molecule has 1 amide bonds. The maximum Gasteiger partial charge on any atom is 0.255 e. The van der Waals surface area contributed by atoms with Crippen LogP contribution >= 0.6 is 0 Å². The zero-order valence-corrected chi connectivity index (χ0v) is 11.3. The van der Waals surface area contributed by atoms with Crippen molar-refractivity contribution in [3.8, 4) is 11.5 Å². The standard InChI is InChI=1S/C14H17NO6/c16-10-7-19-6-9(12(10)17)15-14(18)8-2-1-3-11-13(8)21-5-4-20-11/h1-3,9-10,12,16-17H,4-7H2,(H,15,18)/t9-,10-,12+/m1/s1. The van der Waals surface area contributed by atoms with Gasteiger partial charge in [-0.3, -0.25) is 4.79 Å². The summed E-state index contributed by atoms with van der Waals surface area (Å²) in [5, 5.41) is 22.1. The summed E-state index contributed by atoms with van der Waals surface area (Å²) in [6, 6.07) is 4.38. The van der Waals surface area contributed by atoms with Crippen molar-refractivity contribution in [1.82, 2.24) is 5.32 Å². The highest BCUT2D eigenvalue weighted by Gasteiger charge is 2.33. The van der Waals surface area contributed by atoms with Gasteiger partial charge in [0.05, 0.1) is 24.8 Å². The largest absolute Gasteiger partial charge is 0.486 e. The van der Waals surface area contributed by atoms with Crippen LogP contribution in [0.3, 0.4) is 0 Å². The molecular weight excluding hydrogens is 278 g/mol. The van der Waals surface area contributed by atoms with E-state index >= 15 is 0 Å². The molecule has 0 saturated carbocycles. The fraction of sp³-hybridized carbons (Fsp3) is 0.500. The third-order valence-electron chi connectivity index (χ3n) is 3.52. The molecule has 2 heterocycles. The van der Waals surface area contributed by atoms with E-state index < -0.39 is 24.2 Å². The number of amides is 1. The highest BCUT2D eigenvalue weighted by molar-refractivity contribution is 5.98. The molecule has 1 fully saturated rings. The van der Waals surface area contributed by atoms with Gasteiger partial charge in [-0.25, -0.2) is 0 Å². The number of aliphatic hydroxyl groups is 2. The summed E-state index contributed by atoms with van der Waals surface area (Å²) < 4.78 is 16.0. The second kappa shape index (κ2) is 5.88. The van der Waals surface area contributed by atoms with E-state index in [0.29, 0.717) is 30.3 Å². The molecule has 114 valence electrons. The third-order valence-corrected chi connectivity index (χ3v) is 3.52. The van der Waals surface area contributed by atoms with Crippen molar-refractivity contribution in [3.05, 3.63) is 23.8 Å². The maximum absolute atomic E-state index is 12.3. The summed E-state index contributed by atoms with van der Waals surface area (Å²) in [6.07, 6.45) is -2.06. The molecule has 0 aliphatic carbocycles. The molecule has 0 spiro atoms. The summed E-state index contributed by atoms with van der Waals surface area (Å²) in [6.45, 7) is 1.03. The smallest absolute Gasteiger partial charge is 0.255 e. The van der Waals surface area contributed by atoms with Crippen LogP contribution in [0.4, 0.5) is 0 Å². The van der Waals surface area contributed by atoms with Crippen LogP contribution in [0.25, 0.3) is 0 Å². The first-order valence-corrected chi connectivity index (χ1v) is 6.80. The highest BCUT2D eigenvalue weighted by Crippen LogP contribution is 2.33. The molecule has 3 rings (SSSR count). The Hall–Kier alpha value is -1.83. The van der Waals surface area contributed by atoms with E-state index in [9.17, 15) is 15.0 Å². The predicted octanol–water partition coefficient (Wildman–Crippen LogP) is -0.692. The summed E-state index contributed by atoms with van der Waals surface area (Å²) in [7, 11) is 0. The van der Waals surface area contributed by atoms with Crippen molar-refractivity contribution in [2.24, 2.45) is 0 Å². The average Bonchev–Trinajstić information content (AvgIpc) is 2.51. The summed E-state index contributed by atoms with van der Waals surface area (Å²) in [5.41, 5.74) is 0.333. The molecular formula is C14H17NO6. The number of para-hydroxylation sites is 1. The summed E-state index contributed by atoms with van der Waals surface area (Å²) >= 11 is 0. The molecule has 2 aliphatic rings. The minimum atomic E-state index is -1.06. The Kier molecular flexibility index (Phi) is 3.96. The fourth-order valence-corrected chi connectivity index (χ4v) is 2.41. The maximum atomic E-state index is 12.3. The minimum Gasteiger partial charge on any atom is -0.486 e. The van der Waals surface area contributed by atoms with Crippen molar-refractivity contribution < 1.29 is 29.2 Å². The van der Waals surface area contributed by atoms with Gasteiger partial charge in [0.15, 0.2) is 11.5 Å². The molecule has 0 radical (unpaired) electrons. The van der Waals surface area contributed by atoms with Gasteiger partial charge in [-0.2, -0.15) is 0 Å². The second-order valence-electron chi connectivity index (χ2n) is 5.01. The van der Waals surface area contributed by atoms with Crippen LogP contribution in [-0.2, 0) is 4.74 Å². The highest BCUT2D eigenvalue weighted by atomic mass is 16.6. The molecule has 2 aliphatic heterocycles. The lowest BCUT2D eigenvalue weighted by Gasteiger charge is -2.32. The van der Waals surface area contributed by atoms with Gasteiger partial charge in [-0.1, -0.05) is 6.07 Å². The average molecular weight is 295 g/mol. The first kappa shape index (κ1) is 14.1. The van der Waals surface area contributed by atoms with Crippen LogP contribution in [0.1, 0.15) is 10.4 Å². The van der Waals surface area contributed by atoms with Crippen LogP contribution in [-0.4, -0.2) is 60.8 Å². The summed E-state index contributed by atoms with van der Waals surface area (Å²) in [5.74, 6) is 0.515. The van der Waals surface area contributed by atoms with Crippen LogP contribution in [0.5, 0.6) is 11.5 Å². The number of benzene rings is 1. The first-order valence-electron chi connectivity index (χ1n) is 6.80. The van der Waals surface area contributed by atoms with E-state index in [-0.39, 0.29) is 13.2 Å². The van der Waals surface area contributed by atoms with Crippen molar-refractivity contribution in [2.45, 2.75) is 18.2 Å². The van der Waals surface area contributed by atoms with Gasteiger partial charge in [0, 0.05) is 0 Å². The molecule has 3 N–H and O–H groups in total. The van der Waals surface area contributed by atoms with Gasteiger partial charge >= 0.3 is 0 Å². The van der Waals surface area contributed by atoms with Crippen LogP contribution in [0.15, 0.2) is 18.2 Å². The van der Waals surface area contributed by atoms with Crippen molar-refractivity contribution in [1.29, 1.82) is 0 Å². The molecule has 21 heavy (non-hydrogen) atoms. The molecule has 0 aromatic heterocycles. The minimum absolute atomic E-state index is 0.0607. The van der Waals surface area contributed by atoms with Gasteiger partial charge in [0.2, 0.25) is 0 Å². The zero-order valence-electron chi connectivity index (χ0n) is 11.3. The van der Waals surface area contributed by atoms with Gasteiger partial charge < -0.3 is 29.7 Å². The normalized spacial score (nSPS) is 28.0. The number of rotatable bonds is 2. The molecule has 7 heteroatoms. The van der Waals surface area contributed by atoms with E-state index in [1.54, 1.807) is 18.2 Å². The van der Waals surface area contributed by atoms with Gasteiger partial charge in [0.25, 0.3) is 5.91 Å². The van der Waals surface area contributed by atoms with Crippen LogP contribution in [0.2, 0.25) is 0 Å². The number of ether oxygens (including phenoxy) is 3. The Morgan fingerprint density at radius 3 is 2.86 bits per heavy atom. The van der Waals surface area contributed by atoms with E-state index in [4.69, 9.17) is 14.2 Å². The van der Waals surface area contributed by atoms with Crippen LogP contribution in [0, 0.1) is 0 Å². The number of nitrogens with one attached hydrogen (secondary N) is 1. The Balaban J connectivity index is 1.76. The Bertz CT molecular complexity index is 534. The number of aliphatic hydroxyl groups excluding tert-OH is 2. The topological polar surface area (TPSA) is 97.3 Å². The van der Waals surface area contributed by atoms with Crippen molar-refractivity contribution in [3.63, 3.8) is 0 Å². The van der Waals surface area contributed by atoms with Gasteiger partial charge in [-0.05, 0) is 12.1 Å². The van der Waals surface area contributed by atoms with Crippen molar-refractivity contribution >= 4 is 5.91 Å². The fourth-order valence-electron chi connectivity index (χ4n) is 2.41. The summed E-state index contributed by atoms with van der Waals surface area (Å²) in [4.78, 5) is 12.3. The Labute approximate surface area is 121 Å². The van der Waals surface area contributed by atoms with Gasteiger partial charge in [0.1, 0.15) is 25.4 Å². The van der Waals surface area contributed by atoms with E-state index in [0.717, 1.165) is 0 Å². The van der Waals surface area contributed by atoms with E-state index in [1.165, 1.54) is 0 Å². The SMILES string of the molecule is O=C(N[C@@H]1COC[C@@H](O)[C@H]1O)c1cccc2c1OCCO2. The lowest BCUT2D eigenvalue weighted by molar-refractivity contribution is -0.102. The first-order chi connectivity index (χ1) is 10.2. The molecule has 1 aromatic rings. The predicted molar refractivity (Wildman–Crippen MR) is 71.5 cm³/mol. The monoisotopic (exact) mass is 295 g/mol. The number of fused-ring (bicyclic) bond motifs is 1. The molecule has 1 saturated heterocycles. The molecule has 7 nitrogen and oxygen atoms in total. The number of carbonyl (C=O) groups is 1. The number of hydrogen-bond donors (Lipinski definition) is 3.